The van der Waals surface area contributed by atoms with Crippen molar-refractivity contribution in [2.24, 2.45) is 23.5 Å². The lowest BCUT2D eigenvalue weighted by molar-refractivity contribution is -0.160. The van der Waals surface area contributed by atoms with E-state index in [9.17, 15) is 4.79 Å². The highest BCUT2D eigenvalue weighted by atomic mass is 16.5. The molecule has 1 saturated heterocycles. The molecule has 0 radical (unpaired) electrons. The Labute approximate surface area is 185 Å². The van der Waals surface area contributed by atoms with Crippen LogP contribution in [0.5, 0.6) is 11.5 Å². The summed E-state index contributed by atoms with van der Waals surface area (Å²) in [6.45, 7) is 9.91. The lowest BCUT2D eigenvalue weighted by Gasteiger charge is -2.47. The molecule has 0 saturated carbocycles. The van der Waals surface area contributed by atoms with Crippen molar-refractivity contribution in [2.75, 3.05) is 27.2 Å². The van der Waals surface area contributed by atoms with Crippen molar-refractivity contribution in [1.29, 1.82) is 0 Å². The fourth-order valence-electron chi connectivity index (χ4n) is 4.80. The molecular weight excluding hydrogens is 380 g/mol. The number of methoxy groups -OCH3 is 2. The van der Waals surface area contributed by atoms with Gasteiger partial charge in [0.05, 0.1) is 18.3 Å². The topological polar surface area (TPSA) is 74.0 Å². The number of esters is 1. The second-order valence-corrected chi connectivity index (χ2v) is 9.44. The maximum atomic E-state index is 12.7. The van der Waals surface area contributed by atoms with Gasteiger partial charge in [-0.2, -0.15) is 0 Å². The van der Waals surface area contributed by atoms with Crippen molar-refractivity contribution in [3.8, 4) is 11.5 Å². The molecule has 0 amide bonds. The number of benzene rings is 1. The first kappa shape index (κ1) is 18.9. The first-order chi connectivity index (χ1) is 15.4. The minimum absolute atomic E-state index is 0.0115. The van der Waals surface area contributed by atoms with Gasteiger partial charge in [0.25, 0.3) is 0 Å². The number of rotatable bonds is 7. The van der Waals surface area contributed by atoms with Crippen molar-refractivity contribution in [3.05, 3.63) is 23.3 Å². The summed E-state index contributed by atoms with van der Waals surface area (Å²) in [6.07, 6.45) is 2.22. The molecular formula is C24H38N2O4. The summed E-state index contributed by atoms with van der Waals surface area (Å²) >= 11 is 0. The van der Waals surface area contributed by atoms with Crippen LogP contribution in [0.1, 0.15) is 61.8 Å². The van der Waals surface area contributed by atoms with E-state index in [0.29, 0.717) is 18.1 Å². The minimum Gasteiger partial charge on any atom is -0.493 e. The van der Waals surface area contributed by atoms with E-state index in [1.807, 2.05) is 19.9 Å². The van der Waals surface area contributed by atoms with Gasteiger partial charge in [-0.1, -0.05) is 27.7 Å². The predicted molar refractivity (Wildman–Crippen MR) is 118 cm³/mol. The molecule has 6 heteroatoms. The van der Waals surface area contributed by atoms with Crippen LogP contribution < -0.4 is 15.2 Å². The lowest BCUT2D eigenvalue weighted by Crippen LogP contribution is -2.51. The van der Waals surface area contributed by atoms with E-state index in [1.165, 1.54) is 7.11 Å². The molecule has 6 nitrogen and oxygen atoms in total. The highest BCUT2D eigenvalue weighted by molar-refractivity contribution is 5.76. The minimum atomic E-state index is -2.55. The summed E-state index contributed by atoms with van der Waals surface area (Å²) in [6, 6.07) is 3.09. The number of hydrogen-bond acceptors (Lipinski definition) is 6. The number of hydrogen-bond donors (Lipinski definition) is 1. The van der Waals surface area contributed by atoms with E-state index in [-0.39, 0.29) is 35.7 Å². The highest BCUT2D eigenvalue weighted by Gasteiger charge is 2.41. The van der Waals surface area contributed by atoms with Crippen LogP contribution in [0.3, 0.4) is 0 Å². The normalized spacial score (nSPS) is 26.8. The smallest absolute Gasteiger partial charge is 0.323 e. The molecule has 2 aliphatic rings. The summed E-state index contributed by atoms with van der Waals surface area (Å²) in [5.74, 6) is 1.02. The Morgan fingerprint density at radius 1 is 1.27 bits per heavy atom. The van der Waals surface area contributed by atoms with Gasteiger partial charge < -0.3 is 19.9 Å². The number of carbonyl (C=O) groups excluding carboxylic acids is 1. The zero-order valence-corrected chi connectivity index (χ0v) is 18.8. The van der Waals surface area contributed by atoms with Gasteiger partial charge in [0.15, 0.2) is 11.5 Å². The molecule has 3 rings (SSSR count). The van der Waals surface area contributed by atoms with Crippen LogP contribution in [0, 0.1) is 17.8 Å². The third-order valence-corrected chi connectivity index (χ3v) is 6.49. The van der Waals surface area contributed by atoms with Crippen LogP contribution in [0.4, 0.5) is 0 Å². The van der Waals surface area contributed by atoms with Gasteiger partial charge in [0.2, 0.25) is 0 Å². The molecule has 0 bridgehead atoms. The molecule has 2 aliphatic heterocycles. The van der Waals surface area contributed by atoms with Gasteiger partial charge in [-0.15, -0.1) is 0 Å². The Morgan fingerprint density at radius 3 is 2.63 bits per heavy atom. The van der Waals surface area contributed by atoms with Crippen molar-refractivity contribution >= 4 is 5.97 Å². The fraction of sp³-hybridized carbons (Fsp3) is 0.708. The summed E-state index contributed by atoms with van der Waals surface area (Å²) in [4.78, 5) is 15.2. The van der Waals surface area contributed by atoms with E-state index in [2.05, 4.69) is 18.7 Å². The highest BCUT2D eigenvalue weighted by Crippen LogP contribution is 2.44. The molecule has 1 aromatic rings. The maximum Gasteiger partial charge on any atom is 0.323 e. The summed E-state index contributed by atoms with van der Waals surface area (Å²) < 4.78 is 39.0. The second-order valence-electron chi connectivity index (χ2n) is 9.44. The van der Waals surface area contributed by atoms with Gasteiger partial charge in [-0.3, -0.25) is 9.69 Å². The number of ether oxygens (including phenoxy) is 3. The van der Waals surface area contributed by atoms with E-state index in [1.54, 1.807) is 6.07 Å². The first-order valence-electron chi connectivity index (χ1n) is 12.5. The Morgan fingerprint density at radius 2 is 2.00 bits per heavy atom. The van der Waals surface area contributed by atoms with Crippen LogP contribution >= 0.6 is 0 Å². The van der Waals surface area contributed by atoms with E-state index >= 15 is 0 Å². The molecule has 0 spiro atoms. The molecule has 4 atom stereocenters. The zero-order valence-electron chi connectivity index (χ0n) is 21.8. The van der Waals surface area contributed by atoms with Gasteiger partial charge in [0, 0.05) is 31.5 Å². The number of piperidine rings is 1. The largest absolute Gasteiger partial charge is 0.493 e. The van der Waals surface area contributed by atoms with Crippen molar-refractivity contribution < 1.29 is 23.1 Å². The predicted octanol–water partition coefficient (Wildman–Crippen LogP) is 3.56. The van der Waals surface area contributed by atoms with E-state index < -0.39 is 13.1 Å². The zero-order chi connectivity index (χ0) is 24.5. The summed E-state index contributed by atoms with van der Waals surface area (Å²) in [5.41, 5.74) is 8.20. The van der Waals surface area contributed by atoms with Crippen molar-refractivity contribution in [2.45, 2.75) is 65.1 Å². The summed E-state index contributed by atoms with van der Waals surface area (Å²) in [5, 5.41) is 0. The fourth-order valence-corrected chi connectivity index (χ4v) is 4.80. The molecule has 2 N–H and O–H groups in total. The lowest BCUT2D eigenvalue weighted by atomic mass is 9.79. The van der Waals surface area contributed by atoms with Gasteiger partial charge in [-0.05, 0) is 47.9 Å². The average molecular weight is 422 g/mol. The molecule has 2 heterocycles. The van der Waals surface area contributed by atoms with Crippen LogP contribution in [0.2, 0.25) is 0 Å². The number of carbonyl (C=O) groups is 1. The molecule has 0 aromatic heterocycles. The van der Waals surface area contributed by atoms with Crippen molar-refractivity contribution in [3.63, 3.8) is 0 Å². The van der Waals surface area contributed by atoms with Crippen LogP contribution in [-0.2, 0) is 16.0 Å². The molecule has 0 aliphatic carbocycles. The Bertz CT molecular complexity index is 844. The van der Waals surface area contributed by atoms with Gasteiger partial charge in [0.1, 0.15) is 12.1 Å². The van der Waals surface area contributed by atoms with Gasteiger partial charge >= 0.3 is 5.97 Å². The van der Waals surface area contributed by atoms with Crippen molar-refractivity contribution in [1.82, 2.24) is 4.90 Å². The van der Waals surface area contributed by atoms with Gasteiger partial charge in [-0.25, -0.2) is 0 Å². The van der Waals surface area contributed by atoms with E-state index in [0.717, 1.165) is 37.1 Å². The molecule has 30 heavy (non-hydrogen) atoms. The van der Waals surface area contributed by atoms with Crippen LogP contribution in [0.25, 0.3) is 0 Å². The third-order valence-electron chi connectivity index (χ3n) is 6.49. The van der Waals surface area contributed by atoms with E-state index in [4.69, 9.17) is 24.1 Å². The van der Waals surface area contributed by atoms with Crippen LogP contribution in [-0.4, -0.2) is 50.3 Å². The number of nitrogens with zero attached hydrogens (tertiary/aromatic N) is 1. The average Bonchev–Trinajstić information content (AvgIpc) is 2.71. The Balaban J connectivity index is 1.90. The third kappa shape index (κ3) is 4.75. The molecule has 168 valence electrons. The SMILES string of the molecule is [2H]C([2H])([2H])Oc1cc2c(cc1OC)[C@H]1CC(OC(=O)[C@@H](N)C(C)C)[C@H](CC(C)C)CN1CC2. The molecule has 1 aromatic carbocycles. The second kappa shape index (κ2) is 9.56. The Hall–Kier alpha value is -1.79. The number of fused-ring (bicyclic) bond motifs is 3. The number of nitrogens with two attached hydrogens (primary N) is 1. The molecule has 1 unspecified atom stereocenters. The maximum absolute atomic E-state index is 12.7. The monoisotopic (exact) mass is 421 g/mol. The standard InChI is InChI=1S/C24H38N2O4/c1-14(2)9-17-13-26-8-7-16-10-21(28-5)22(29-6)11-18(16)19(26)12-20(17)30-24(27)23(25)15(3)4/h10-11,14-15,17,19-20,23H,7-9,12-13,25H2,1-6H3/t17-,19-,20?,23+/m1/s1/i5D3. The molecule has 1 fully saturated rings. The Kier molecular flexibility index (Phi) is 6.04. The quantitative estimate of drug-likeness (QED) is 0.679. The summed E-state index contributed by atoms with van der Waals surface area (Å²) in [7, 11) is -1.04. The van der Waals surface area contributed by atoms with Crippen LogP contribution in [0.15, 0.2) is 12.1 Å². The first-order valence-corrected chi connectivity index (χ1v) is 11.0.